The number of anilines is 4. The molecule has 1 N–H and O–H groups in total. The number of aromatic nitrogens is 3. The van der Waals surface area contributed by atoms with Gasteiger partial charge in [-0.2, -0.15) is 0 Å². The molecule has 0 atom stereocenters. The Hall–Kier alpha value is -3.46. The highest BCUT2D eigenvalue weighted by atomic mass is 35.5. The van der Waals surface area contributed by atoms with Crippen molar-refractivity contribution in [1.82, 2.24) is 15.0 Å². The summed E-state index contributed by atoms with van der Waals surface area (Å²) in [6.07, 6.45) is 3.11. The third kappa shape index (κ3) is 4.11. The summed E-state index contributed by atoms with van der Waals surface area (Å²) in [5.74, 6) is 1.36. The molecule has 4 rings (SSSR count). The smallest absolute Gasteiger partial charge is 0.353 e. The summed E-state index contributed by atoms with van der Waals surface area (Å²) in [5, 5.41) is 15.6. The standard InChI is InChI=1S/C20H20ClN7O2/c1-14-12-15(21)5-6-16(14)25-19-18(28(29)30)20(24-13-23-19)27-10-8-26(9-11-27)17-4-2-3-7-22-17/h2-7,12-13H,8-11H2,1H3,(H,23,24,25). The molecule has 0 spiro atoms. The van der Waals surface area contributed by atoms with E-state index < -0.39 is 4.92 Å². The second-order valence-corrected chi connectivity index (χ2v) is 7.33. The van der Waals surface area contributed by atoms with Crippen LogP contribution in [0.2, 0.25) is 5.02 Å². The van der Waals surface area contributed by atoms with E-state index in [1.54, 1.807) is 24.4 Å². The first-order valence-corrected chi connectivity index (χ1v) is 9.84. The zero-order chi connectivity index (χ0) is 21.1. The van der Waals surface area contributed by atoms with Gasteiger partial charge in [0, 0.05) is 43.1 Å². The van der Waals surface area contributed by atoms with Gasteiger partial charge in [-0.05, 0) is 42.8 Å². The van der Waals surface area contributed by atoms with Crippen LogP contribution in [0, 0.1) is 17.0 Å². The molecule has 0 amide bonds. The molecule has 1 aliphatic rings. The number of pyridine rings is 1. The number of halogens is 1. The lowest BCUT2D eigenvalue weighted by atomic mass is 10.2. The molecule has 0 saturated carbocycles. The van der Waals surface area contributed by atoms with Crippen molar-refractivity contribution in [2.75, 3.05) is 41.3 Å². The number of nitrogens with one attached hydrogen (secondary N) is 1. The molecule has 0 unspecified atom stereocenters. The van der Waals surface area contributed by atoms with Gasteiger partial charge in [0.05, 0.1) is 4.92 Å². The van der Waals surface area contributed by atoms with E-state index in [1.165, 1.54) is 6.33 Å². The molecule has 0 bridgehead atoms. The zero-order valence-electron chi connectivity index (χ0n) is 16.3. The maximum absolute atomic E-state index is 11.9. The normalized spacial score (nSPS) is 13.9. The van der Waals surface area contributed by atoms with Gasteiger partial charge in [0.1, 0.15) is 12.1 Å². The molecule has 1 aliphatic heterocycles. The third-order valence-corrected chi connectivity index (χ3v) is 5.21. The number of hydrogen-bond donors (Lipinski definition) is 1. The zero-order valence-corrected chi connectivity index (χ0v) is 17.1. The average Bonchev–Trinajstić information content (AvgIpc) is 2.76. The number of rotatable bonds is 5. The van der Waals surface area contributed by atoms with Crippen molar-refractivity contribution in [1.29, 1.82) is 0 Å². The van der Waals surface area contributed by atoms with E-state index in [-0.39, 0.29) is 11.5 Å². The summed E-state index contributed by atoms with van der Waals surface area (Å²) in [6, 6.07) is 11.1. The number of hydrogen-bond acceptors (Lipinski definition) is 8. The molecule has 1 aromatic carbocycles. The van der Waals surface area contributed by atoms with Crippen LogP contribution in [0.3, 0.4) is 0 Å². The SMILES string of the molecule is Cc1cc(Cl)ccc1Nc1ncnc(N2CCN(c3ccccn3)CC2)c1[N+](=O)[O-]. The average molecular weight is 426 g/mol. The Morgan fingerprint density at radius 1 is 1.07 bits per heavy atom. The van der Waals surface area contributed by atoms with Gasteiger partial charge in [-0.3, -0.25) is 10.1 Å². The van der Waals surface area contributed by atoms with Crippen molar-refractivity contribution >= 4 is 40.4 Å². The van der Waals surface area contributed by atoms with E-state index in [1.807, 2.05) is 30.0 Å². The van der Waals surface area contributed by atoms with Crippen LogP contribution >= 0.6 is 11.6 Å². The molecule has 10 heteroatoms. The van der Waals surface area contributed by atoms with Crippen molar-refractivity contribution in [2.24, 2.45) is 0 Å². The maximum Gasteiger partial charge on any atom is 0.353 e. The molecule has 0 aliphatic carbocycles. The van der Waals surface area contributed by atoms with E-state index in [0.29, 0.717) is 42.7 Å². The quantitative estimate of drug-likeness (QED) is 0.486. The van der Waals surface area contributed by atoms with Gasteiger partial charge in [-0.15, -0.1) is 0 Å². The number of aryl methyl sites for hydroxylation is 1. The molecule has 0 radical (unpaired) electrons. The first-order valence-electron chi connectivity index (χ1n) is 9.46. The van der Waals surface area contributed by atoms with Crippen LogP contribution < -0.4 is 15.1 Å². The highest BCUT2D eigenvalue weighted by molar-refractivity contribution is 6.30. The van der Waals surface area contributed by atoms with E-state index >= 15 is 0 Å². The summed E-state index contributed by atoms with van der Waals surface area (Å²) in [5.41, 5.74) is 1.42. The van der Waals surface area contributed by atoms with Gasteiger partial charge in [0.15, 0.2) is 0 Å². The minimum Gasteiger partial charge on any atom is -0.353 e. The van der Waals surface area contributed by atoms with Crippen LogP contribution in [0.25, 0.3) is 0 Å². The molecule has 1 fully saturated rings. The largest absolute Gasteiger partial charge is 0.353 e. The van der Waals surface area contributed by atoms with Crippen molar-refractivity contribution in [3.63, 3.8) is 0 Å². The number of nitrogens with zero attached hydrogens (tertiary/aromatic N) is 6. The summed E-state index contributed by atoms with van der Waals surface area (Å²) in [6.45, 7) is 4.44. The van der Waals surface area contributed by atoms with Crippen molar-refractivity contribution in [2.45, 2.75) is 6.92 Å². The van der Waals surface area contributed by atoms with Crippen molar-refractivity contribution in [3.8, 4) is 0 Å². The van der Waals surface area contributed by atoms with E-state index in [9.17, 15) is 10.1 Å². The summed E-state index contributed by atoms with van der Waals surface area (Å²) in [7, 11) is 0. The summed E-state index contributed by atoms with van der Waals surface area (Å²) >= 11 is 6.01. The van der Waals surface area contributed by atoms with Crippen LogP contribution in [0.1, 0.15) is 5.56 Å². The van der Waals surface area contributed by atoms with Gasteiger partial charge in [0.2, 0.25) is 11.6 Å². The van der Waals surface area contributed by atoms with E-state index in [4.69, 9.17) is 11.6 Å². The fourth-order valence-corrected chi connectivity index (χ4v) is 3.67. The number of nitro groups is 1. The molecule has 1 saturated heterocycles. The Morgan fingerprint density at radius 2 is 1.83 bits per heavy atom. The Balaban J connectivity index is 1.58. The van der Waals surface area contributed by atoms with Gasteiger partial charge >= 0.3 is 5.69 Å². The highest BCUT2D eigenvalue weighted by Crippen LogP contribution is 2.35. The minimum absolute atomic E-state index is 0.141. The first kappa shape index (κ1) is 19.8. The molecule has 3 aromatic rings. The van der Waals surface area contributed by atoms with E-state index in [0.717, 1.165) is 11.4 Å². The molecule has 30 heavy (non-hydrogen) atoms. The predicted octanol–water partition coefficient (Wildman–Crippen LogP) is 3.81. The lowest BCUT2D eigenvalue weighted by Crippen LogP contribution is -2.47. The lowest BCUT2D eigenvalue weighted by molar-refractivity contribution is -0.383. The molecular weight excluding hydrogens is 406 g/mol. The van der Waals surface area contributed by atoms with Crippen LogP contribution in [0.5, 0.6) is 0 Å². The molecule has 154 valence electrons. The van der Waals surface area contributed by atoms with Crippen molar-refractivity contribution < 1.29 is 4.92 Å². The topological polar surface area (TPSA) is 100 Å². The monoisotopic (exact) mass is 425 g/mol. The van der Waals surface area contributed by atoms with Crippen LogP contribution in [-0.4, -0.2) is 46.1 Å². The summed E-state index contributed by atoms with van der Waals surface area (Å²) < 4.78 is 0. The fourth-order valence-electron chi connectivity index (χ4n) is 3.44. The van der Waals surface area contributed by atoms with Crippen LogP contribution in [-0.2, 0) is 0 Å². The Bertz CT molecular complexity index is 1060. The Kier molecular flexibility index (Phi) is 5.62. The van der Waals surface area contributed by atoms with Crippen LogP contribution in [0.4, 0.5) is 28.8 Å². The fraction of sp³-hybridized carbons (Fsp3) is 0.250. The predicted molar refractivity (Wildman–Crippen MR) is 117 cm³/mol. The molecule has 2 aromatic heterocycles. The number of benzene rings is 1. The molecule has 3 heterocycles. The second kappa shape index (κ2) is 8.50. The minimum atomic E-state index is -0.436. The second-order valence-electron chi connectivity index (χ2n) is 6.90. The lowest BCUT2D eigenvalue weighted by Gasteiger charge is -2.35. The Morgan fingerprint density at radius 3 is 2.50 bits per heavy atom. The van der Waals surface area contributed by atoms with Gasteiger partial charge < -0.3 is 15.1 Å². The molecular formula is C20H20ClN7O2. The highest BCUT2D eigenvalue weighted by Gasteiger charge is 2.29. The first-order chi connectivity index (χ1) is 14.5. The Labute approximate surface area is 178 Å². The van der Waals surface area contributed by atoms with Crippen LogP contribution in [0.15, 0.2) is 48.9 Å². The van der Waals surface area contributed by atoms with Gasteiger partial charge in [-0.25, -0.2) is 15.0 Å². The maximum atomic E-state index is 11.9. The molecule has 9 nitrogen and oxygen atoms in total. The summed E-state index contributed by atoms with van der Waals surface area (Å²) in [4.78, 5) is 28.3. The number of piperazine rings is 1. The third-order valence-electron chi connectivity index (χ3n) is 4.98. The van der Waals surface area contributed by atoms with Crippen molar-refractivity contribution in [3.05, 3.63) is 69.6 Å². The van der Waals surface area contributed by atoms with Gasteiger partial charge in [0.25, 0.3) is 0 Å². The van der Waals surface area contributed by atoms with E-state index in [2.05, 4.69) is 25.2 Å². The van der Waals surface area contributed by atoms with Gasteiger partial charge in [-0.1, -0.05) is 17.7 Å².